The molecule has 2 heterocycles. The molecule has 100 valence electrons. The van der Waals surface area contributed by atoms with Crippen molar-refractivity contribution in [2.75, 3.05) is 13.1 Å². The van der Waals surface area contributed by atoms with Gasteiger partial charge < -0.3 is 5.32 Å². The number of thiazole rings is 1. The van der Waals surface area contributed by atoms with Crippen molar-refractivity contribution in [2.45, 2.75) is 51.7 Å². The Morgan fingerprint density at radius 2 is 2.33 bits per heavy atom. The predicted molar refractivity (Wildman–Crippen MR) is 75.7 cm³/mol. The maximum absolute atomic E-state index is 4.74. The number of hydrogen-bond acceptors (Lipinski definition) is 4. The molecule has 2 fully saturated rings. The molecule has 1 saturated heterocycles. The maximum Gasteiger partial charge on any atom is 0.107 e. The molecule has 0 spiro atoms. The average Bonchev–Trinajstić information content (AvgIpc) is 2.93. The SMILES string of the molecule is CCC1CCN(Cc2csc(CNC3CC3)n2)C1. The summed E-state index contributed by atoms with van der Waals surface area (Å²) < 4.78 is 0. The molecular weight excluding hydrogens is 242 g/mol. The third-order valence-electron chi connectivity index (χ3n) is 4.05. The Hall–Kier alpha value is -0.450. The molecule has 0 aromatic carbocycles. The number of hydrogen-bond donors (Lipinski definition) is 1. The van der Waals surface area contributed by atoms with Crippen LogP contribution in [0, 0.1) is 5.92 Å². The number of aromatic nitrogens is 1. The van der Waals surface area contributed by atoms with Crippen molar-refractivity contribution in [3.05, 3.63) is 16.1 Å². The smallest absolute Gasteiger partial charge is 0.107 e. The van der Waals surface area contributed by atoms with Gasteiger partial charge >= 0.3 is 0 Å². The van der Waals surface area contributed by atoms with Crippen LogP contribution in [0.25, 0.3) is 0 Å². The quantitative estimate of drug-likeness (QED) is 0.857. The number of likely N-dealkylation sites (tertiary alicyclic amines) is 1. The minimum absolute atomic E-state index is 0.779. The van der Waals surface area contributed by atoms with Crippen LogP contribution in [0.3, 0.4) is 0 Å². The van der Waals surface area contributed by atoms with Crippen LogP contribution in [0.2, 0.25) is 0 Å². The molecule has 18 heavy (non-hydrogen) atoms. The van der Waals surface area contributed by atoms with Crippen molar-refractivity contribution in [1.29, 1.82) is 0 Å². The van der Waals surface area contributed by atoms with Gasteiger partial charge in [0, 0.05) is 31.1 Å². The van der Waals surface area contributed by atoms with Crippen LogP contribution in [-0.2, 0) is 13.1 Å². The van der Waals surface area contributed by atoms with Crippen LogP contribution in [0.5, 0.6) is 0 Å². The highest BCUT2D eigenvalue weighted by molar-refractivity contribution is 7.09. The molecule has 0 amide bonds. The molecule has 0 bridgehead atoms. The lowest BCUT2D eigenvalue weighted by Gasteiger charge is -2.13. The third-order valence-corrected chi connectivity index (χ3v) is 4.95. The zero-order valence-electron chi connectivity index (χ0n) is 11.2. The lowest BCUT2D eigenvalue weighted by molar-refractivity contribution is 0.312. The molecule has 3 rings (SSSR count). The van der Waals surface area contributed by atoms with E-state index in [1.807, 2.05) is 11.3 Å². The van der Waals surface area contributed by atoms with Crippen molar-refractivity contribution < 1.29 is 0 Å². The van der Waals surface area contributed by atoms with Gasteiger partial charge in [0.25, 0.3) is 0 Å². The Morgan fingerprint density at radius 1 is 1.44 bits per heavy atom. The van der Waals surface area contributed by atoms with E-state index >= 15 is 0 Å². The first-order chi connectivity index (χ1) is 8.83. The average molecular weight is 265 g/mol. The second kappa shape index (κ2) is 5.68. The third kappa shape index (κ3) is 3.31. The highest BCUT2D eigenvalue weighted by Gasteiger charge is 2.22. The van der Waals surface area contributed by atoms with Crippen LogP contribution < -0.4 is 5.32 Å². The number of rotatable bonds is 6. The van der Waals surface area contributed by atoms with E-state index in [1.165, 1.54) is 49.5 Å². The van der Waals surface area contributed by atoms with Gasteiger partial charge in [0.2, 0.25) is 0 Å². The van der Waals surface area contributed by atoms with Crippen LogP contribution in [-0.4, -0.2) is 29.0 Å². The summed E-state index contributed by atoms with van der Waals surface area (Å²) in [4.78, 5) is 7.30. The molecule has 1 aromatic heterocycles. The van der Waals surface area contributed by atoms with Gasteiger partial charge in [0.1, 0.15) is 5.01 Å². The van der Waals surface area contributed by atoms with E-state index in [0.29, 0.717) is 0 Å². The van der Waals surface area contributed by atoms with E-state index in [2.05, 4.69) is 22.5 Å². The first-order valence-corrected chi connectivity index (χ1v) is 8.10. The van der Waals surface area contributed by atoms with Crippen molar-refractivity contribution >= 4 is 11.3 Å². The van der Waals surface area contributed by atoms with E-state index in [4.69, 9.17) is 4.98 Å². The van der Waals surface area contributed by atoms with Gasteiger partial charge in [-0.3, -0.25) is 4.90 Å². The fourth-order valence-electron chi connectivity index (χ4n) is 2.64. The summed E-state index contributed by atoms with van der Waals surface area (Å²) in [7, 11) is 0. The standard InChI is InChI=1S/C14H23N3S/c1-2-11-5-6-17(8-11)9-13-10-18-14(16-13)7-15-12-3-4-12/h10-12,15H,2-9H2,1H3. The molecule has 2 aliphatic rings. The summed E-state index contributed by atoms with van der Waals surface area (Å²) in [5, 5.41) is 7.02. The summed E-state index contributed by atoms with van der Waals surface area (Å²) in [5.74, 6) is 0.916. The molecule has 4 heteroatoms. The monoisotopic (exact) mass is 265 g/mol. The molecule has 1 saturated carbocycles. The lowest BCUT2D eigenvalue weighted by atomic mass is 10.1. The predicted octanol–water partition coefficient (Wildman–Crippen LogP) is 2.63. The minimum atomic E-state index is 0.779. The molecule has 1 N–H and O–H groups in total. The van der Waals surface area contributed by atoms with Crippen molar-refractivity contribution in [3.8, 4) is 0 Å². The molecular formula is C14H23N3S. The normalized spacial score (nSPS) is 24.8. The highest BCUT2D eigenvalue weighted by Crippen LogP contribution is 2.22. The van der Waals surface area contributed by atoms with Gasteiger partial charge in [-0.05, 0) is 31.7 Å². The maximum atomic E-state index is 4.74. The Morgan fingerprint density at radius 3 is 3.06 bits per heavy atom. The van der Waals surface area contributed by atoms with E-state index in [-0.39, 0.29) is 0 Å². The summed E-state index contributed by atoms with van der Waals surface area (Å²) in [5.41, 5.74) is 1.27. The summed E-state index contributed by atoms with van der Waals surface area (Å²) in [6, 6.07) is 0.779. The van der Waals surface area contributed by atoms with Crippen molar-refractivity contribution in [1.82, 2.24) is 15.2 Å². The Bertz CT molecular complexity index is 386. The van der Waals surface area contributed by atoms with Crippen molar-refractivity contribution in [2.24, 2.45) is 5.92 Å². The highest BCUT2D eigenvalue weighted by atomic mass is 32.1. The van der Waals surface area contributed by atoms with E-state index < -0.39 is 0 Å². The van der Waals surface area contributed by atoms with Gasteiger partial charge in [-0.15, -0.1) is 11.3 Å². The van der Waals surface area contributed by atoms with Gasteiger partial charge in [0.15, 0.2) is 0 Å². The molecule has 1 unspecified atom stereocenters. The Kier molecular flexibility index (Phi) is 3.97. The van der Waals surface area contributed by atoms with Gasteiger partial charge in [-0.1, -0.05) is 13.3 Å². The largest absolute Gasteiger partial charge is 0.308 e. The molecule has 1 aliphatic carbocycles. The summed E-state index contributed by atoms with van der Waals surface area (Å²) >= 11 is 1.81. The first-order valence-electron chi connectivity index (χ1n) is 7.22. The Labute approximate surface area is 114 Å². The van der Waals surface area contributed by atoms with Crippen LogP contribution >= 0.6 is 11.3 Å². The van der Waals surface area contributed by atoms with Crippen LogP contribution in [0.1, 0.15) is 43.3 Å². The zero-order valence-corrected chi connectivity index (χ0v) is 12.0. The van der Waals surface area contributed by atoms with Gasteiger partial charge in [-0.2, -0.15) is 0 Å². The van der Waals surface area contributed by atoms with Crippen molar-refractivity contribution in [3.63, 3.8) is 0 Å². The van der Waals surface area contributed by atoms with E-state index in [0.717, 1.165) is 25.0 Å². The molecule has 1 aliphatic heterocycles. The lowest BCUT2D eigenvalue weighted by Crippen LogP contribution is -2.20. The summed E-state index contributed by atoms with van der Waals surface area (Å²) in [6.07, 6.45) is 5.40. The zero-order chi connectivity index (χ0) is 12.4. The molecule has 0 radical (unpaired) electrons. The van der Waals surface area contributed by atoms with E-state index in [9.17, 15) is 0 Å². The molecule has 1 aromatic rings. The number of nitrogens with zero attached hydrogens (tertiary/aromatic N) is 2. The molecule has 3 nitrogen and oxygen atoms in total. The van der Waals surface area contributed by atoms with Crippen LogP contribution in [0.15, 0.2) is 5.38 Å². The van der Waals surface area contributed by atoms with E-state index in [1.54, 1.807) is 0 Å². The van der Waals surface area contributed by atoms with Gasteiger partial charge in [0.05, 0.1) is 5.69 Å². The second-order valence-corrected chi connectivity index (χ2v) is 6.63. The van der Waals surface area contributed by atoms with Crippen LogP contribution in [0.4, 0.5) is 0 Å². The fraction of sp³-hybridized carbons (Fsp3) is 0.786. The Balaban J connectivity index is 1.47. The number of nitrogens with one attached hydrogen (secondary N) is 1. The topological polar surface area (TPSA) is 28.2 Å². The fourth-order valence-corrected chi connectivity index (χ4v) is 3.38. The first kappa shape index (κ1) is 12.6. The minimum Gasteiger partial charge on any atom is -0.308 e. The summed E-state index contributed by atoms with van der Waals surface area (Å²) in [6.45, 7) is 6.84. The molecule has 1 atom stereocenters. The second-order valence-electron chi connectivity index (χ2n) is 5.69. The van der Waals surface area contributed by atoms with Gasteiger partial charge in [-0.25, -0.2) is 4.98 Å².